The van der Waals surface area contributed by atoms with Crippen LogP contribution in [0, 0.1) is 0 Å². The van der Waals surface area contributed by atoms with Crippen molar-refractivity contribution in [3.8, 4) is 11.1 Å². The lowest BCUT2D eigenvalue weighted by atomic mass is 10.0. The lowest BCUT2D eigenvalue weighted by Gasteiger charge is -2.22. The Morgan fingerprint density at radius 3 is 2.57 bits per heavy atom. The number of aromatic nitrogens is 2. The van der Waals surface area contributed by atoms with Gasteiger partial charge in [0, 0.05) is 30.2 Å². The summed E-state index contributed by atoms with van der Waals surface area (Å²) in [6.45, 7) is 4.97. The molecule has 0 radical (unpaired) electrons. The number of carbonyl (C=O) groups is 1. The molecule has 5 nitrogen and oxygen atoms in total. The standard InChI is InChI=1S/C24H25FN4O/c1-16(2)21-9-8-18(14-27-21)24(30)28-22-20(17-6-4-3-5-7-17)10-12-26-23(22)29-13-11-19(25)15-29/h3-10,12,14,16,19H,11,13,15H2,1-2H3,(H,28,30)/t19-/m0/s1. The molecule has 1 fully saturated rings. The minimum Gasteiger partial charge on any atom is -0.352 e. The van der Waals surface area contributed by atoms with Gasteiger partial charge in [-0.2, -0.15) is 0 Å². The fourth-order valence-corrected chi connectivity index (χ4v) is 3.65. The van der Waals surface area contributed by atoms with Gasteiger partial charge in [0.1, 0.15) is 6.17 Å². The molecule has 1 atom stereocenters. The molecule has 1 aromatic carbocycles. The Labute approximate surface area is 176 Å². The van der Waals surface area contributed by atoms with Crippen molar-refractivity contribution in [1.29, 1.82) is 0 Å². The van der Waals surface area contributed by atoms with E-state index in [0.29, 0.717) is 36.0 Å². The van der Waals surface area contributed by atoms with Gasteiger partial charge in [-0.3, -0.25) is 9.78 Å². The van der Waals surface area contributed by atoms with E-state index >= 15 is 0 Å². The second-order valence-electron chi connectivity index (χ2n) is 7.84. The van der Waals surface area contributed by atoms with Gasteiger partial charge in [0.15, 0.2) is 5.82 Å². The van der Waals surface area contributed by atoms with Crippen LogP contribution >= 0.6 is 0 Å². The summed E-state index contributed by atoms with van der Waals surface area (Å²) in [5.41, 5.74) is 3.81. The van der Waals surface area contributed by atoms with Crippen molar-refractivity contribution in [1.82, 2.24) is 9.97 Å². The van der Waals surface area contributed by atoms with Crippen LogP contribution in [0.25, 0.3) is 11.1 Å². The molecule has 4 rings (SSSR count). The first-order valence-electron chi connectivity index (χ1n) is 10.2. The maximum absolute atomic E-state index is 13.9. The van der Waals surface area contributed by atoms with Crippen molar-refractivity contribution in [3.05, 3.63) is 72.2 Å². The molecule has 1 aliphatic heterocycles. The second kappa shape index (κ2) is 8.61. The predicted octanol–water partition coefficient (Wildman–Crippen LogP) is 5.07. The Bertz CT molecular complexity index is 1020. The number of benzene rings is 1. The van der Waals surface area contributed by atoms with Crippen molar-refractivity contribution in [2.45, 2.75) is 32.4 Å². The summed E-state index contributed by atoms with van der Waals surface area (Å²) < 4.78 is 13.9. The third-order valence-corrected chi connectivity index (χ3v) is 5.32. The largest absolute Gasteiger partial charge is 0.352 e. The first kappa shape index (κ1) is 20.0. The molecule has 1 saturated heterocycles. The molecule has 3 heterocycles. The highest BCUT2D eigenvalue weighted by Gasteiger charge is 2.27. The molecule has 0 bridgehead atoms. The van der Waals surface area contributed by atoms with Crippen LogP contribution in [0.15, 0.2) is 60.9 Å². The molecule has 0 saturated carbocycles. The summed E-state index contributed by atoms with van der Waals surface area (Å²) in [5.74, 6) is 0.623. The number of rotatable bonds is 5. The predicted molar refractivity (Wildman–Crippen MR) is 118 cm³/mol. The number of halogens is 1. The summed E-state index contributed by atoms with van der Waals surface area (Å²) in [5, 5.41) is 3.03. The van der Waals surface area contributed by atoms with Gasteiger partial charge in [-0.05, 0) is 36.1 Å². The van der Waals surface area contributed by atoms with Gasteiger partial charge in [0.05, 0.1) is 17.8 Å². The zero-order valence-corrected chi connectivity index (χ0v) is 17.2. The van der Waals surface area contributed by atoms with Crippen molar-refractivity contribution in [2.24, 2.45) is 0 Å². The third kappa shape index (κ3) is 4.17. The average molecular weight is 404 g/mol. The summed E-state index contributed by atoms with van der Waals surface area (Å²) >= 11 is 0. The maximum Gasteiger partial charge on any atom is 0.257 e. The van der Waals surface area contributed by atoms with Gasteiger partial charge in [0.25, 0.3) is 5.91 Å². The highest BCUT2D eigenvalue weighted by molar-refractivity contribution is 6.08. The van der Waals surface area contributed by atoms with E-state index in [4.69, 9.17) is 0 Å². The molecule has 6 heteroatoms. The van der Waals surface area contributed by atoms with Crippen LogP contribution in [-0.4, -0.2) is 35.1 Å². The number of nitrogens with zero attached hydrogens (tertiary/aromatic N) is 3. The molecular weight excluding hydrogens is 379 g/mol. The maximum atomic E-state index is 13.9. The number of hydrogen-bond donors (Lipinski definition) is 1. The third-order valence-electron chi connectivity index (χ3n) is 5.32. The normalized spacial score (nSPS) is 16.1. The van der Waals surface area contributed by atoms with Crippen molar-refractivity contribution < 1.29 is 9.18 Å². The van der Waals surface area contributed by atoms with Gasteiger partial charge in [-0.1, -0.05) is 44.2 Å². The molecule has 1 aliphatic rings. The highest BCUT2D eigenvalue weighted by atomic mass is 19.1. The van der Waals surface area contributed by atoms with Gasteiger partial charge in [-0.25, -0.2) is 9.37 Å². The fourth-order valence-electron chi connectivity index (χ4n) is 3.65. The van der Waals surface area contributed by atoms with Crippen LogP contribution in [-0.2, 0) is 0 Å². The Balaban J connectivity index is 1.71. The number of nitrogens with one attached hydrogen (secondary N) is 1. The Hall–Kier alpha value is -3.28. The Kier molecular flexibility index (Phi) is 5.74. The first-order chi connectivity index (χ1) is 14.5. The first-order valence-corrected chi connectivity index (χ1v) is 10.2. The van der Waals surface area contributed by atoms with E-state index in [2.05, 4.69) is 29.1 Å². The summed E-state index contributed by atoms with van der Waals surface area (Å²) in [6, 6.07) is 15.3. The van der Waals surface area contributed by atoms with Gasteiger partial charge in [0.2, 0.25) is 0 Å². The van der Waals surface area contributed by atoms with E-state index in [1.54, 1.807) is 18.5 Å². The molecule has 1 amide bonds. The minimum atomic E-state index is -0.886. The second-order valence-corrected chi connectivity index (χ2v) is 7.84. The SMILES string of the molecule is CC(C)c1ccc(C(=O)Nc2c(-c3ccccc3)ccnc2N2CC[C@H](F)C2)cn1. The van der Waals surface area contributed by atoms with Crippen LogP contribution in [0.5, 0.6) is 0 Å². The molecule has 3 aromatic rings. The van der Waals surface area contributed by atoms with Crippen molar-refractivity contribution in [3.63, 3.8) is 0 Å². The zero-order valence-electron chi connectivity index (χ0n) is 17.2. The lowest BCUT2D eigenvalue weighted by Crippen LogP contribution is -2.24. The fraction of sp³-hybridized carbons (Fsp3) is 0.292. The quantitative estimate of drug-likeness (QED) is 0.645. The molecular formula is C24H25FN4O. The summed E-state index contributed by atoms with van der Waals surface area (Å²) in [6.07, 6.45) is 2.88. The van der Waals surface area contributed by atoms with Gasteiger partial charge < -0.3 is 10.2 Å². The zero-order chi connectivity index (χ0) is 21.1. The van der Waals surface area contributed by atoms with E-state index in [0.717, 1.165) is 16.8 Å². The average Bonchev–Trinajstić information content (AvgIpc) is 3.20. The van der Waals surface area contributed by atoms with Crippen LogP contribution in [0.4, 0.5) is 15.9 Å². The topological polar surface area (TPSA) is 58.1 Å². The smallest absolute Gasteiger partial charge is 0.257 e. The number of amides is 1. The van der Waals surface area contributed by atoms with Gasteiger partial charge >= 0.3 is 0 Å². The highest BCUT2D eigenvalue weighted by Crippen LogP contribution is 2.36. The van der Waals surface area contributed by atoms with Crippen LogP contribution < -0.4 is 10.2 Å². The molecule has 2 aromatic heterocycles. The van der Waals surface area contributed by atoms with Crippen LogP contribution in [0.3, 0.4) is 0 Å². The summed E-state index contributed by atoms with van der Waals surface area (Å²) in [4.78, 5) is 23.8. The van der Waals surface area contributed by atoms with E-state index < -0.39 is 6.17 Å². The molecule has 0 aliphatic carbocycles. The minimum absolute atomic E-state index is 0.264. The molecule has 154 valence electrons. The molecule has 30 heavy (non-hydrogen) atoms. The Morgan fingerprint density at radius 1 is 1.13 bits per heavy atom. The molecule has 1 N–H and O–H groups in total. The van der Waals surface area contributed by atoms with E-state index in [-0.39, 0.29) is 12.5 Å². The number of carbonyl (C=O) groups excluding carboxylic acids is 1. The monoisotopic (exact) mass is 404 g/mol. The molecule has 0 unspecified atom stereocenters. The van der Waals surface area contributed by atoms with Crippen molar-refractivity contribution in [2.75, 3.05) is 23.3 Å². The van der Waals surface area contributed by atoms with E-state index in [1.165, 1.54) is 0 Å². The van der Waals surface area contributed by atoms with Crippen LogP contribution in [0.1, 0.15) is 42.2 Å². The van der Waals surface area contributed by atoms with E-state index in [9.17, 15) is 9.18 Å². The lowest BCUT2D eigenvalue weighted by molar-refractivity contribution is 0.102. The number of pyridine rings is 2. The Morgan fingerprint density at radius 2 is 1.93 bits per heavy atom. The summed E-state index contributed by atoms with van der Waals surface area (Å²) in [7, 11) is 0. The number of hydrogen-bond acceptors (Lipinski definition) is 4. The number of alkyl halides is 1. The molecule has 0 spiro atoms. The number of anilines is 2. The van der Waals surface area contributed by atoms with Gasteiger partial charge in [-0.15, -0.1) is 0 Å². The van der Waals surface area contributed by atoms with E-state index in [1.807, 2.05) is 47.4 Å². The van der Waals surface area contributed by atoms with Crippen molar-refractivity contribution >= 4 is 17.4 Å². The van der Waals surface area contributed by atoms with Crippen LogP contribution in [0.2, 0.25) is 0 Å².